The largest absolute Gasteiger partial charge is 0.550 e. The number of carboxylic acid groups (broad SMARTS) is 1. The molecule has 2 fully saturated rings. The van der Waals surface area contributed by atoms with Gasteiger partial charge in [0.05, 0.1) is 26.1 Å². The van der Waals surface area contributed by atoms with Crippen LogP contribution in [-0.4, -0.2) is 175 Å². The molecule has 1 aromatic carbocycles. The number of phenolic OH excluding ortho intramolecular Hbond substituents is 1. The summed E-state index contributed by atoms with van der Waals surface area (Å²) >= 11 is 0. The van der Waals surface area contributed by atoms with Gasteiger partial charge in [-0.3, -0.25) is 43.2 Å². The molecule has 2 aliphatic heterocycles. The topological polar surface area (TPSA) is 415 Å². The number of aliphatic carboxylic acids is 1. The van der Waals surface area contributed by atoms with Gasteiger partial charge in [0.1, 0.15) is 48.0 Å². The maximum atomic E-state index is 13.6. The van der Waals surface area contributed by atoms with E-state index >= 15 is 0 Å². The smallest absolute Gasteiger partial charge is 0.281 e. The predicted molar refractivity (Wildman–Crippen MR) is 222 cm³/mol. The standard InChI is InChI=1S/C40H56N12O14/c1-20(46-37(63)29-4-3-11-52(29)40(66)24(41)14-32(57)58)39(65)51-10-2-5-30(51)38(64)50-28(18-54)36(62)49-26(12-21-6-8-23(55)9-7-21)34(60)44-16-31(56)47-27(17-53)35(61)48-25(33(42)59)13-22-15-43-19-45-22/h6-9,15,19-20,24-30,53-55H,2-5,10-14,16-18,41H2,1H3,(H2,42,59)(H,43,45)(H,44,60)(H,46,63)(H,47,56)(H,48,61)(H,49,62)(H,50,64)(H,57,58)/t20-,24-,25-,26-,27-,28-,29-,30-/m0/s1. The Hall–Kier alpha value is -7.19. The molecule has 0 spiro atoms. The number of H-pyrrole nitrogens is 1. The molecule has 3 heterocycles. The summed E-state index contributed by atoms with van der Waals surface area (Å²) in [7, 11) is 0. The van der Waals surface area contributed by atoms with E-state index in [1.807, 2.05) is 0 Å². The fourth-order valence-electron chi connectivity index (χ4n) is 7.40. The van der Waals surface area contributed by atoms with Gasteiger partial charge in [-0.2, -0.15) is 0 Å². The second-order valence-corrected chi connectivity index (χ2v) is 15.8. The fourth-order valence-corrected chi connectivity index (χ4v) is 7.40. The van der Waals surface area contributed by atoms with Gasteiger partial charge in [-0.05, 0) is 50.3 Å². The Kier molecular flexibility index (Phi) is 18.9. The first-order valence-electron chi connectivity index (χ1n) is 21.0. The monoisotopic (exact) mass is 928 g/mol. The van der Waals surface area contributed by atoms with Crippen LogP contribution in [0, 0.1) is 0 Å². The third kappa shape index (κ3) is 14.4. The van der Waals surface area contributed by atoms with E-state index in [1.165, 1.54) is 53.5 Å². The van der Waals surface area contributed by atoms with Crippen LogP contribution in [0.2, 0.25) is 0 Å². The van der Waals surface area contributed by atoms with E-state index in [0.717, 1.165) is 0 Å². The summed E-state index contributed by atoms with van der Waals surface area (Å²) in [5.41, 5.74) is 9.84. The minimum atomic E-state index is -1.66. The lowest BCUT2D eigenvalue weighted by atomic mass is 10.0. The Morgan fingerprint density at radius 1 is 0.788 bits per heavy atom. The quantitative estimate of drug-likeness (QED) is 0.0493. The number of nitrogens with zero attached hydrogens (tertiary/aromatic N) is 3. The molecule has 0 unspecified atom stereocenters. The van der Waals surface area contributed by atoms with Crippen molar-refractivity contribution in [3.05, 3.63) is 48.0 Å². The molecule has 26 nitrogen and oxygen atoms in total. The van der Waals surface area contributed by atoms with Gasteiger partial charge in [0.25, 0.3) is 5.91 Å². The molecule has 2 saturated heterocycles. The van der Waals surface area contributed by atoms with Gasteiger partial charge in [0, 0.05) is 50.2 Å². The van der Waals surface area contributed by atoms with Gasteiger partial charge < -0.3 is 83.4 Å². The van der Waals surface area contributed by atoms with Crippen molar-refractivity contribution in [2.24, 2.45) is 5.73 Å². The zero-order valence-electron chi connectivity index (χ0n) is 36.0. The van der Waals surface area contributed by atoms with Crippen LogP contribution >= 0.6 is 0 Å². The molecule has 26 heteroatoms. The minimum absolute atomic E-state index is 0.0687. The van der Waals surface area contributed by atoms with Gasteiger partial charge in [0.2, 0.25) is 47.3 Å². The first-order chi connectivity index (χ1) is 31.3. The van der Waals surface area contributed by atoms with E-state index in [9.17, 15) is 68.4 Å². The number of benzene rings is 1. The van der Waals surface area contributed by atoms with E-state index in [-0.39, 0.29) is 44.5 Å². The maximum Gasteiger partial charge on any atom is 0.281 e. The second kappa shape index (κ2) is 24.2. The number of aliphatic hydroxyl groups is 2. The number of nitrogens with two attached hydrogens (primary N) is 1. The zero-order valence-corrected chi connectivity index (χ0v) is 36.0. The highest BCUT2D eigenvalue weighted by atomic mass is 16.4. The lowest BCUT2D eigenvalue weighted by molar-refractivity contribution is -0.410. The van der Waals surface area contributed by atoms with Crippen molar-refractivity contribution in [2.75, 3.05) is 32.8 Å². The highest BCUT2D eigenvalue weighted by molar-refractivity contribution is 5.98. The number of likely N-dealkylation sites (tertiary alicyclic amines) is 2. The van der Waals surface area contributed by atoms with Crippen LogP contribution in [0.4, 0.5) is 0 Å². The third-order valence-corrected chi connectivity index (χ3v) is 10.9. The van der Waals surface area contributed by atoms with Crippen LogP contribution in [0.15, 0.2) is 36.8 Å². The van der Waals surface area contributed by atoms with Gasteiger partial charge in [-0.1, -0.05) is 12.1 Å². The number of amides is 9. The number of carbonyl (C=O) groups is 10. The van der Waals surface area contributed by atoms with Crippen LogP contribution < -0.4 is 48.5 Å². The summed E-state index contributed by atoms with van der Waals surface area (Å²) in [5, 5.41) is 55.1. The van der Waals surface area contributed by atoms with Crippen molar-refractivity contribution < 1.29 is 74.1 Å². The number of carboxylic acids is 1. The fraction of sp³-hybridized carbons (Fsp3) is 0.525. The molecule has 2 aliphatic rings. The highest BCUT2D eigenvalue weighted by Gasteiger charge is 2.41. The molecule has 8 atom stereocenters. The summed E-state index contributed by atoms with van der Waals surface area (Å²) in [6.45, 7) is -0.988. The normalized spacial score (nSPS) is 18.4. The number of phenols is 1. The van der Waals surface area contributed by atoms with Gasteiger partial charge in [0.15, 0.2) is 6.04 Å². The Morgan fingerprint density at radius 2 is 1.35 bits per heavy atom. The van der Waals surface area contributed by atoms with Crippen molar-refractivity contribution in [1.29, 1.82) is 0 Å². The molecule has 9 amide bonds. The molecule has 0 saturated carbocycles. The van der Waals surface area contributed by atoms with Gasteiger partial charge in [-0.25, -0.2) is 4.98 Å². The first kappa shape index (κ1) is 51.4. The van der Waals surface area contributed by atoms with Gasteiger partial charge in [-0.15, -0.1) is 0 Å². The van der Waals surface area contributed by atoms with E-state index < -0.39 is 134 Å². The number of aromatic nitrogens is 2. The number of rotatable bonds is 23. The molecule has 0 radical (unpaired) electrons. The second-order valence-electron chi connectivity index (χ2n) is 15.8. The Morgan fingerprint density at radius 3 is 1.89 bits per heavy atom. The number of carbonyl (C=O) groups excluding carboxylic acids is 10. The summed E-state index contributed by atoms with van der Waals surface area (Å²) in [5.74, 6) is -9.20. The molecule has 2 aromatic rings. The molecule has 15 N–H and O–H groups in total. The number of primary amides is 1. The summed E-state index contributed by atoms with van der Waals surface area (Å²) < 4.78 is 0. The van der Waals surface area contributed by atoms with Crippen LogP contribution in [0.1, 0.15) is 50.3 Å². The number of hydrogen-bond acceptors (Lipinski definition) is 15. The van der Waals surface area contributed by atoms with Crippen molar-refractivity contribution in [3.63, 3.8) is 0 Å². The van der Waals surface area contributed by atoms with E-state index in [2.05, 4.69) is 47.6 Å². The van der Waals surface area contributed by atoms with Crippen molar-refractivity contribution >= 4 is 59.1 Å². The van der Waals surface area contributed by atoms with Gasteiger partial charge >= 0.3 is 0 Å². The lowest BCUT2D eigenvalue weighted by Gasteiger charge is -2.30. The summed E-state index contributed by atoms with van der Waals surface area (Å²) in [6, 6.07) is -4.90. The van der Waals surface area contributed by atoms with E-state index in [0.29, 0.717) is 24.1 Å². The number of aromatic amines is 1. The van der Waals surface area contributed by atoms with Crippen LogP contribution in [0.3, 0.4) is 0 Å². The number of nitrogens with one attached hydrogen (secondary N) is 7. The van der Waals surface area contributed by atoms with Crippen molar-refractivity contribution in [1.82, 2.24) is 51.7 Å². The van der Waals surface area contributed by atoms with Crippen LogP contribution in [0.25, 0.3) is 0 Å². The number of quaternary nitrogens is 1. The Balaban J connectivity index is 1.36. The molecule has 360 valence electrons. The highest BCUT2D eigenvalue weighted by Crippen LogP contribution is 2.21. The number of hydrogen-bond donors (Lipinski definition) is 12. The van der Waals surface area contributed by atoms with Crippen molar-refractivity contribution in [3.8, 4) is 5.75 Å². The SMILES string of the molecule is C[C@H](NC(=O)[C@@H]1CCCN1C(=O)[C@@H]([NH3+])CC(=O)[O-])C(=O)N1CCC[C@H]1C(=O)N[C@@H](CO)C(=O)N[C@@H](Cc1ccc(O)cc1)C(=O)NCC(=O)N[C@@H](CO)C(=O)N[C@@H](Cc1cnc[nH]1)C(N)=O. The van der Waals surface area contributed by atoms with E-state index in [1.54, 1.807) is 0 Å². The maximum absolute atomic E-state index is 13.6. The lowest BCUT2D eigenvalue weighted by Crippen LogP contribution is -2.70. The Labute approximate surface area is 377 Å². The molecule has 66 heavy (non-hydrogen) atoms. The molecule has 4 rings (SSSR count). The molecular formula is C40H56N12O14. The Bertz CT molecular complexity index is 2090. The average molecular weight is 929 g/mol. The molecule has 0 bridgehead atoms. The van der Waals surface area contributed by atoms with Crippen molar-refractivity contribution in [2.45, 2.75) is 100 Å². The number of aliphatic hydroxyl groups excluding tert-OH is 2. The predicted octanol–water partition coefficient (Wildman–Crippen LogP) is -8.34. The first-order valence-corrected chi connectivity index (χ1v) is 21.0. The summed E-state index contributed by atoms with van der Waals surface area (Å²) in [4.78, 5) is 138. The zero-order chi connectivity index (χ0) is 48.7. The molecule has 0 aliphatic carbocycles. The minimum Gasteiger partial charge on any atom is -0.550 e. The average Bonchev–Trinajstić information content (AvgIpc) is 4.09. The van der Waals surface area contributed by atoms with Crippen LogP contribution in [0.5, 0.6) is 5.75 Å². The summed E-state index contributed by atoms with van der Waals surface area (Å²) in [6.07, 6.45) is 3.03. The molecule has 1 aromatic heterocycles. The molecular weight excluding hydrogens is 873 g/mol. The van der Waals surface area contributed by atoms with Crippen LogP contribution in [-0.2, 0) is 60.8 Å². The van der Waals surface area contributed by atoms with E-state index in [4.69, 9.17) is 5.73 Å². The third-order valence-electron chi connectivity index (χ3n) is 10.9. The number of aromatic hydroxyl groups is 1. The number of imidazole rings is 1.